The Bertz CT molecular complexity index is 1390. The van der Waals surface area contributed by atoms with Crippen LogP contribution >= 0.6 is 0 Å². The molecule has 1 unspecified atom stereocenters. The third-order valence-electron chi connectivity index (χ3n) is 5.83. The molecule has 1 amide bonds. The van der Waals surface area contributed by atoms with Crippen LogP contribution in [0.15, 0.2) is 79.0 Å². The summed E-state index contributed by atoms with van der Waals surface area (Å²) < 4.78 is 11.2. The van der Waals surface area contributed by atoms with Crippen molar-refractivity contribution in [2.24, 2.45) is 0 Å². The lowest BCUT2D eigenvalue weighted by Gasteiger charge is -2.21. The lowest BCUT2D eigenvalue weighted by atomic mass is 9.89. The Labute approximate surface area is 202 Å². The summed E-state index contributed by atoms with van der Waals surface area (Å²) in [7, 11) is 3.17. The van der Waals surface area contributed by atoms with Gasteiger partial charge in [-0.05, 0) is 29.8 Å². The van der Waals surface area contributed by atoms with Gasteiger partial charge in [-0.3, -0.25) is 14.9 Å². The molecule has 0 radical (unpaired) electrons. The van der Waals surface area contributed by atoms with E-state index in [4.69, 9.17) is 9.47 Å². The number of benzene rings is 3. The third kappa shape index (κ3) is 5.01. The van der Waals surface area contributed by atoms with E-state index in [1.807, 2.05) is 48.7 Å². The molecule has 0 aliphatic carbocycles. The van der Waals surface area contributed by atoms with Crippen molar-refractivity contribution in [2.45, 2.75) is 5.92 Å². The van der Waals surface area contributed by atoms with Crippen LogP contribution in [0.1, 0.15) is 22.6 Å². The van der Waals surface area contributed by atoms with Crippen molar-refractivity contribution in [3.63, 3.8) is 0 Å². The number of hydrogen-bond acceptors (Lipinski definition) is 5. The quantitative estimate of drug-likeness (QED) is 0.202. The molecule has 1 heterocycles. The minimum Gasteiger partial charge on any atom is -0.493 e. The molecule has 8 heteroatoms. The second kappa shape index (κ2) is 10.6. The van der Waals surface area contributed by atoms with Gasteiger partial charge in [-0.25, -0.2) is 0 Å². The molecule has 0 aliphatic rings. The minimum atomic E-state index is -0.473. The highest BCUT2D eigenvalue weighted by molar-refractivity contribution is 5.92. The normalized spacial score (nSPS) is 11.9. The number of amides is 1. The van der Waals surface area contributed by atoms with Crippen molar-refractivity contribution in [3.05, 3.63) is 106 Å². The summed E-state index contributed by atoms with van der Waals surface area (Å²) in [5, 5.41) is 15.2. The molecule has 0 fully saturated rings. The van der Waals surface area contributed by atoms with Gasteiger partial charge in [0.25, 0.3) is 5.69 Å². The highest BCUT2D eigenvalue weighted by Crippen LogP contribution is 2.40. The van der Waals surface area contributed by atoms with Gasteiger partial charge in [0, 0.05) is 47.3 Å². The van der Waals surface area contributed by atoms with E-state index in [0.29, 0.717) is 17.1 Å². The number of H-pyrrole nitrogens is 1. The predicted octanol–water partition coefficient (Wildman–Crippen LogP) is 5.05. The molecule has 1 aromatic heterocycles. The van der Waals surface area contributed by atoms with Gasteiger partial charge in [-0.15, -0.1) is 0 Å². The lowest BCUT2D eigenvalue weighted by molar-refractivity contribution is -0.385. The molecule has 4 rings (SSSR count). The summed E-state index contributed by atoms with van der Waals surface area (Å²) in [6.45, 7) is 0.269. The van der Waals surface area contributed by atoms with Crippen LogP contribution in [0, 0.1) is 10.1 Å². The van der Waals surface area contributed by atoms with Crippen molar-refractivity contribution in [1.29, 1.82) is 0 Å². The average molecular weight is 472 g/mol. The number of carbonyl (C=O) groups is 1. The number of fused-ring (bicyclic) bond motifs is 1. The smallest absolute Gasteiger partial charge is 0.276 e. The number of methoxy groups -OCH3 is 2. The first-order valence-corrected chi connectivity index (χ1v) is 11.0. The average Bonchev–Trinajstić information content (AvgIpc) is 3.31. The summed E-state index contributed by atoms with van der Waals surface area (Å²) in [4.78, 5) is 26.8. The molecule has 8 nitrogen and oxygen atoms in total. The van der Waals surface area contributed by atoms with Crippen LogP contribution in [-0.4, -0.2) is 36.6 Å². The van der Waals surface area contributed by atoms with Crippen LogP contribution in [0.5, 0.6) is 11.5 Å². The number of rotatable bonds is 9. The van der Waals surface area contributed by atoms with E-state index >= 15 is 0 Å². The van der Waals surface area contributed by atoms with Gasteiger partial charge in [0.05, 0.1) is 24.7 Å². The number of carbonyl (C=O) groups excluding carboxylic acids is 1. The van der Waals surface area contributed by atoms with E-state index in [1.165, 1.54) is 18.2 Å². The lowest BCUT2D eigenvalue weighted by Crippen LogP contribution is -2.27. The Hall–Kier alpha value is -4.59. The molecule has 1 atom stereocenters. The number of aromatic nitrogens is 1. The molecular weight excluding hydrogens is 446 g/mol. The number of hydrogen-bond donors (Lipinski definition) is 2. The van der Waals surface area contributed by atoms with Crippen LogP contribution in [0.3, 0.4) is 0 Å². The standard InChI is InChI=1S/C27H25N3O5/c1-34-25-13-7-10-20(27(25)35-2)22(21-16-28-23-11-5-4-9-19(21)23)17-29-26(31)15-14-18-8-3-6-12-24(18)30(32)33/h3-16,22,28H,17H2,1-2H3,(H,29,31)/b15-14+. The number of nitrogens with one attached hydrogen (secondary N) is 2. The van der Waals surface area contributed by atoms with E-state index in [1.54, 1.807) is 32.4 Å². The van der Waals surface area contributed by atoms with Crippen molar-refractivity contribution in [3.8, 4) is 11.5 Å². The topological polar surface area (TPSA) is 106 Å². The minimum absolute atomic E-state index is 0.0608. The number of para-hydroxylation sites is 3. The van der Waals surface area contributed by atoms with E-state index < -0.39 is 4.92 Å². The summed E-state index contributed by atoms with van der Waals surface area (Å²) in [6, 6.07) is 19.9. The van der Waals surface area contributed by atoms with Crippen molar-refractivity contribution in [1.82, 2.24) is 10.3 Å². The fraction of sp³-hybridized carbons (Fsp3) is 0.148. The first-order valence-electron chi connectivity index (χ1n) is 11.0. The molecule has 0 spiro atoms. The summed E-state index contributed by atoms with van der Waals surface area (Å²) >= 11 is 0. The first-order chi connectivity index (χ1) is 17.0. The molecule has 35 heavy (non-hydrogen) atoms. The second-order valence-electron chi connectivity index (χ2n) is 7.82. The van der Waals surface area contributed by atoms with E-state index in [0.717, 1.165) is 22.0 Å². The monoisotopic (exact) mass is 471 g/mol. The number of nitro groups is 1. The Morgan fingerprint density at radius 1 is 1.03 bits per heavy atom. The fourth-order valence-electron chi connectivity index (χ4n) is 4.18. The third-order valence-corrected chi connectivity index (χ3v) is 5.83. The maximum absolute atomic E-state index is 12.7. The van der Waals surface area contributed by atoms with Crippen LogP contribution in [-0.2, 0) is 4.79 Å². The van der Waals surface area contributed by atoms with Gasteiger partial charge < -0.3 is 19.8 Å². The predicted molar refractivity (Wildman–Crippen MR) is 135 cm³/mol. The van der Waals surface area contributed by atoms with Gasteiger partial charge in [0.1, 0.15) is 0 Å². The molecule has 3 aromatic carbocycles. The molecular formula is C27H25N3O5. The van der Waals surface area contributed by atoms with E-state index in [2.05, 4.69) is 10.3 Å². The maximum atomic E-state index is 12.7. The number of aromatic amines is 1. The van der Waals surface area contributed by atoms with Crippen molar-refractivity contribution >= 4 is 28.6 Å². The van der Waals surface area contributed by atoms with Crippen LogP contribution in [0.25, 0.3) is 17.0 Å². The number of nitro benzene ring substituents is 1. The highest BCUT2D eigenvalue weighted by atomic mass is 16.6. The molecule has 0 aliphatic heterocycles. The SMILES string of the molecule is COc1cccc(C(CNC(=O)/C=C/c2ccccc2[N+](=O)[O-])c2c[nH]c3ccccc23)c1OC. The summed E-state index contributed by atoms with van der Waals surface area (Å²) in [6.07, 6.45) is 4.68. The largest absolute Gasteiger partial charge is 0.493 e. The zero-order valence-electron chi connectivity index (χ0n) is 19.4. The fourth-order valence-corrected chi connectivity index (χ4v) is 4.18. The van der Waals surface area contributed by atoms with Crippen LogP contribution in [0.2, 0.25) is 0 Å². The Balaban J connectivity index is 1.65. The molecule has 0 bridgehead atoms. The van der Waals surface area contributed by atoms with Gasteiger partial charge >= 0.3 is 0 Å². The molecule has 4 aromatic rings. The number of ether oxygens (including phenoxy) is 2. The van der Waals surface area contributed by atoms with E-state index in [9.17, 15) is 14.9 Å². The zero-order chi connectivity index (χ0) is 24.8. The number of nitrogens with zero attached hydrogens (tertiary/aromatic N) is 1. The Morgan fingerprint density at radius 2 is 1.80 bits per heavy atom. The summed E-state index contributed by atoms with van der Waals surface area (Å²) in [5.41, 5.74) is 3.14. The second-order valence-corrected chi connectivity index (χ2v) is 7.82. The molecule has 0 saturated heterocycles. The Morgan fingerprint density at radius 3 is 2.57 bits per heavy atom. The van der Waals surface area contributed by atoms with E-state index in [-0.39, 0.29) is 24.1 Å². The molecule has 178 valence electrons. The van der Waals surface area contributed by atoms with Crippen molar-refractivity contribution < 1.29 is 19.2 Å². The van der Waals surface area contributed by atoms with Crippen LogP contribution in [0.4, 0.5) is 5.69 Å². The van der Waals surface area contributed by atoms with Crippen molar-refractivity contribution in [2.75, 3.05) is 20.8 Å². The molecule has 2 N–H and O–H groups in total. The maximum Gasteiger partial charge on any atom is 0.276 e. The highest BCUT2D eigenvalue weighted by Gasteiger charge is 2.24. The first kappa shape index (κ1) is 23.6. The van der Waals surface area contributed by atoms with Crippen LogP contribution < -0.4 is 14.8 Å². The zero-order valence-corrected chi connectivity index (χ0v) is 19.4. The summed E-state index contributed by atoms with van der Waals surface area (Å²) in [5.74, 6) is 0.571. The van der Waals surface area contributed by atoms with Gasteiger partial charge in [-0.2, -0.15) is 0 Å². The Kier molecular flexibility index (Phi) is 7.11. The van der Waals surface area contributed by atoms with Gasteiger partial charge in [-0.1, -0.05) is 42.5 Å². The molecule has 0 saturated carbocycles. The van der Waals surface area contributed by atoms with Gasteiger partial charge in [0.2, 0.25) is 5.91 Å². The van der Waals surface area contributed by atoms with Gasteiger partial charge in [0.15, 0.2) is 11.5 Å².